The number of benzene rings is 3. The van der Waals surface area contributed by atoms with Gasteiger partial charge in [0, 0.05) is 26.2 Å². The molecule has 0 radical (unpaired) electrons. The Morgan fingerprint density at radius 1 is 0.857 bits per heavy atom. The number of carbonyl (C=O) groups is 1. The van der Waals surface area contributed by atoms with Crippen LogP contribution in [-0.4, -0.2) is 69.2 Å². The predicted molar refractivity (Wildman–Crippen MR) is 133 cm³/mol. The lowest BCUT2D eigenvalue weighted by atomic mass is 10.0. The minimum Gasteiger partial charge on any atom is -0.497 e. The fourth-order valence-electron chi connectivity index (χ4n) is 4.32. The van der Waals surface area contributed by atoms with Crippen LogP contribution in [0.15, 0.2) is 78.9 Å². The number of rotatable bonds is 7. The van der Waals surface area contributed by atoms with E-state index in [-0.39, 0.29) is 5.91 Å². The predicted octanol–water partition coefficient (Wildman–Crippen LogP) is 3.22. The summed E-state index contributed by atoms with van der Waals surface area (Å²) in [5, 5.41) is 12.2. The molecule has 0 spiro atoms. The molecule has 3 aromatic carbocycles. The zero-order valence-electron chi connectivity index (χ0n) is 19.7. The molecule has 0 aliphatic carbocycles. The molecule has 0 saturated carbocycles. The number of nitrogens with zero attached hydrogens (tertiary/aromatic N) is 6. The molecular weight excluding hydrogens is 440 g/mol. The van der Waals surface area contributed by atoms with Crippen LogP contribution in [0.4, 0.5) is 0 Å². The molecular formula is C27H28N6O2. The molecule has 8 nitrogen and oxygen atoms in total. The van der Waals surface area contributed by atoms with Crippen LogP contribution < -0.4 is 4.74 Å². The largest absolute Gasteiger partial charge is 0.497 e. The Morgan fingerprint density at radius 2 is 1.54 bits per heavy atom. The van der Waals surface area contributed by atoms with Gasteiger partial charge in [0.15, 0.2) is 5.82 Å². The summed E-state index contributed by atoms with van der Waals surface area (Å²) in [7, 11) is 1.64. The number of amides is 1. The lowest BCUT2D eigenvalue weighted by molar-refractivity contribution is -0.132. The van der Waals surface area contributed by atoms with Crippen molar-refractivity contribution in [3.05, 3.63) is 90.3 Å². The Hall–Kier alpha value is -4.04. The third-order valence-electron chi connectivity index (χ3n) is 6.36. The first-order valence-electron chi connectivity index (χ1n) is 11.8. The summed E-state index contributed by atoms with van der Waals surface area (Å²) in [6.45, 7) is 3.60. The third-order valence-corrected chi connectivity index (χ3v) is 6.36. The molecule has 1 amide bonds. The van der Waals surface area contributed by atoms with Crippen molar-refractivity contribution in [1.29, 1.82) is 0 Å². The van der Waals surface area contributed by atoms with Crippen LogP contribution in [-0.2, 0) is 17.8 Å². The molecule has 1 aliphatic rings. The molecule has 0 atom stereocenters. The van der Waals surface area contributed by atoms with Crippen LogP contribution in [0.5, 0.6) is 5.75 Å². The highest BCUT2D eigenvalue weighted by atomic mass is 16.5. The fourth-order valence-corrected chi connectivity index (χ4v) is 4.32. The van der Waals surface area contributed by atoms with Gasteiger partial charge in [-0.3, -0.25) is 9.69 Å². The van der Waals surface area contributed by atoms with Crippen LogP contribution in [0.25, 0.3) is 16.8 Å². The fraction of sp³-hybridized carbons (Fsp3) is 0.259. The summed E-state index contributed by atoms with van der Waals surface area (Å²) in [6.07, 6.45) is 0.421. The molecule has 35 heavy (non-hydrogen) atoms. The number of carbonyl (C=O) groups excluding carboxylic acids is 1. The third kappa shape index (κ3) is 5.38. The zero-order chi connectivity index (χ0) is 24.0. The van der Waals surface area contributed by atoms with Gasteiger partial charge in [-0.2, -0.15) is 4.68 Å². The summed E-state index contributed by atoms with van der Waals surface area (Å²) in [4.78, 5) is 17.1. The van der Waals surface area contributed by atoms with Crippen molar-refractivity contribution in [3.63, 3.8) is 0 Å². The van der Waals surface area contributed by atoms with E-state index in [9.17, 15) is 4.79 Å². The highest BCUT2D eigenvalue weighted by molar-refractivity contribution is 5.79. The van der Waals surface area contributed by atoms with Gasteiger partial charge >= 0.3 is 0 Å². The van der Waals surface area contributed by atoms with Crippen LogP contribution in [0, 0.1) is 0 Å². The molecule has 4 aromatic rings. The van der Waals surface area contributed by atoms with Crippen LogP contribution >= 0.6 is 0 Å². The SMILES string of the molecule is COc1ccc(-n2nnnc2CN2CCN(C(=O)Cc3ccc(-c4ccccc4)cc3)CC2)cc1. The molecule has 178 valence electrons. The van der Waals surface area contributed by atoms with Crippen molar-refractivity contribution in [2.45, 2.75) is 13.0 Å². The van der Waals surface area contributed by atoms with Crippen molar-refractivity contribution >= 4 is 5.91 Å². The molecule has 1 aliphatic heterocycles. The molecule has 8 heteroatoms. The van der Waals surface area contributed by atoms with E-state index >= 15 is 0 Å². The first-order chi connectivity index (χ1) is 17.2. The van der Waals surface area contributed by atoms with E-state index in [1.165, 1.54) is 5.56 Å². The number of aromatic nitrogens is 4. The Morgan fingerprint density at radius 3 is 2.23 bits per heavy atom. The number of piperazine rings is 1. The van der Waals surface area contributed by atoms with Crippen molar-refractivity contribution in [3.8, 4) is 22.6 Å². The van der Waals surface area contributed by atoms with Gasteiger partial charge < -0.3 is 9.64 Å². The van der Waals surface area contributed by atoms with Gasteiger partial charge in [-0.1, -0.05) is 54.6 Å². The van der Waals surface area contributed by atoms with Crippen molar-refractivity contribution < 1.29 is 9.53 Å². The Balaban J connectivity index is 1.14. The van der Waals surface area contributed by atoms with E-state index < -0.39 is 0 Å². The van der Waals surface area contributed by atoms with Gasteiger partial charge in [-0.05, 0) is 51.4 Å². The smallest absolute Gasteiger partial charge is 0.227 e. The van der Waals surface area contributed by atoms with E-state index in [0.717, 1.165) is 41.5 Å². The lowest BCUT2D eigenvalue weighted by Gasteiger charge is -2.34. The maximum atomic E-state index is 12.9. The summed E-state index contributed by atoms with van der Waals surface area (Å²) in [6, 6.07) is 26.2. The highest BCUT2D eigenvalue weighted by Crippen LogP contribution is 2.20. The second-order valence-electron chi connectivity index (χ2n) is 8.60. The summed E-state index contributed by atoms with van der Waals surface area (Å²) < 4.78 is 6.97. The number of ether oxygens (including phenoxy) is 1. The summed E-state index contributed by atoms with van der Waals surface area (Å²) in [5.41, 5.74) is 4.26. The molecule has 0 unspecified atom stereocenters. The standard InChI is InChI=1S/C27H28N6O2/c1-35-25-13-11-24(12-14-25)33-26(28-29-30-33)20-31-15-17-32(18-16-31)27(34)19-21-7-9-23(10-8-21)22-5-3-2-4-6-22/h2-14H,15-20H2,1H3. The molecule has 1 fully saturated rings. The first kappa shape index (κ1) is 22.7. The first-order valence-corrected chi connectivity index (χ1v) is 11.8. The van der Waals surface area contributed by atoms with Crippen molar-refractivity contribution in [1.82, 2.24) is 30.0 Å². The van der Waals surface area contributed by atoms with Gasteiger partial charge in [0.25, 0.3) is 0 Å². The van der Waals surface area contributed by atoms with Crippen molar-refractivity contribution in [2.24, 2.45) is 0 Å². The molecule has 0 bridgehead atoms. The van der Waals surface area contributed by atoms with E-state index in [1.807, 2.05) is 47.4 Å². The van der Waals surface area contributed by atoms with Gasteiger partial charge in [-0.25, -0.2) is 0 Å². The second-order valence-corrected chi connectivity index (χ2v) is 8.60. The minimum absolute atomic E-state index is 0.167. The maximum Gasteiger partial charge on any atom is 0.227 e. The van der Waals surface area contributed by atoms with Crippen LogP contribution in [0.1, 0.15) is 11.4 Å². The quantitative estimate of drug-likeness (QED) is 0.415. The Kier molecular flexibility index (Phi) is 6.81. The average Bonchev–Trinajstić information content (AvgIpc) is 3.38. The molecule has 1 aromatic heterocycles. The lowest BCUT2D eigenvalue weighted by Crippen LogP contribution is -2.48. The monoisotopic (exact) mass is 468 g/mol. The van der Waals surface area contributed by atoms with E-state index in [0.29, 0.717) is 26.1 Å². The molecule has 2 heterocycles. The Labute approximate surface area is 204 Å². The van der Waals surface area contributed by atoms with Gasteiger partial charge in [0.1, 0.15) is 5.75 Å². The minimum atomic E-state index is 0.167. The number of methoxy groups -OCH3 is 1. The molecule has 1 saturated heterocycles. The van der Waals surface area contributed by atoms with E-state index in [4.69, 9.17) is 4.74 Å². The average molecular weight is 469 g/mol. The topological polar surface area (TPSA) is 76.4 Å². The number of hydrogen-bond acceptors (Lipinski definition) is 6. The van der Waals surface area contributed by atoms with Crippen LogP contribution in [0.2, 0.25) is 0 Å². The second kappa shape index (κ2) is 10.5. The highest BCUT2D eigenvalue weighted by Gasteiger charge is 2.23. The molecule has 5 rings (SSSR count). The van der Waals surface area contributed by atoms with Crippen LogP contribution in [0.3, 0.4) is 0 Å². The van der Waals surface area contributed by atoms with Gasteiger partial charge in [0.2, 0.25) is 5.91 Å². The van der Waals surface area contributed by atoms with Crippen molar-refractivity contribution in [2.75, 3.05) is 33.3 Å². The van der Waals surface area contributed by atoms with Gasteiger partial charge in [-0.15, -0.1) is 5.10 Å². The molecule has 0 N–H and O–H groups in total. The maximum absolute atomic E-state index is 12.9. The zero-order valence-corrected chi connectivity index (χ0v) is 19.7. The number of hydrogen-bond donors (Lipinski definition) is 0. The summed E-state index contributed by atoms with van der Waals surface area (Å²) in [5.74, 6) is 1.73. The Bertz CT molecular complexity index is 1250. The van der Waals surface area contributed by atoms with Gasteiger partial charge in [0.05, 0.1) is 25.8 Å². The summed E-state index contributed by atoms with van der Waals surface area (Å²) >= 11 is 0. The number of tetrazole rings is 1. The normalized spacial score (nSPS) is 14.1. The van der Waals surface area contributed by atoms with E-state index in [1.54, 1.807) is 11.8 Å². The van der Waals surface area contributed by atoms with E-state index in [2.05, 4.69) is 56.8 Å².